The van der Waals surface area contributed by atoms with E-state index >= 15 is 0 Å². The van der Waals surface area contributed by atoms with Crippen LogP contribution in [-0.4, -0.2) is 22.0 Å². The van der Waals surface area contributed by atoms with Crippen LogP contribution in [0.15, 0.2) is 58.5 Å². The quantitative estimate of drug-likeness (QED) is 0.789. The molecule has 0 bridgehead atoms. The summed E-state index contributed by atoms with van der Waals surface area (Å²) in [7, 11) is 0. The van der Waals surface area contributed by atoms with Gasteiger partial charge in [-0.15, -0.1) is 0 Å². The molecule has 7 heteroatoms. The molecule has 0 amide bonds. The molecule has 2 aromatic rings. The number of thioether (sulfide) groups is 1. The van der Waals surface area contributed by atoms with Crippen LogP contribution in [0, 0.1) is 0 Å². The molecule has 1 aromatic carbocycles. The molecule has 0 aliphatic heterocycles. The maximum atomic E-state index is 12.5. The molecule has 0 spiro atoms. The minimum absolute atomic E-state index is 0.0158. The molecule has 0 fully saturated rings. The number of rotatable bonds is 3. The number of halogens is 3. The zero-order valence-corrected chi connectivity index (χ0v) is 13.4. The van der Waals surface area contributed by atoms with Gasteiger partial charge in [0.15, 0.2) is 0 Å². The Morgan fingerprint density at radius 1 is 1.13 bits per heavy atom. The molecule has 122 valence electrons. The second kappa shape index (κ2) is 7.04. The van der Waals surface area contributed by atoms with Crippen molar-refractivity contribution < 1.29 is 18.0 Å². The lowest BCUT2D eigenvalue weighted by Crippen LogP contribution is -2.28. The minimum atomic E-state index is -4.34. The molecule has 2 rings (SSSR count). The Bertz CT molecular complexity index is 749. The zero-order chi connectivity index (χ0) is 17.0. The predicted octanol–water partition coefficient (Wildman–Crippen LogP) is 4.10. The van der Waals surface area contributed by atoms with Gasteiger partial charge in [-0.3, -0.25) is 14.4 Å². The summed E-state index contributed by atoms with van der Waals surface area (Å²) in [6, 6.07) is 10.5. The Morgan fingerprint density at radius 3 is 2.35 bits per heavy atom. The van der Waals surface area contributed by atoms with Gasteiger partial charge in [0.1, 0.15) is 5.49 Å². The molecule has 0 radical (unpaired) electrons. The Hall–Kier alpha value is -2.02. The standard InChI is InChI=1S/C16H15F3N2OS/c1-11(2)20-14-5-3-4-10-21(14)15(22)12-6-8-13(9-7-12)23-16(17,18)19/h3-11H,1-2H3. The van der Waals surface area contributed by atoms with E-state index in [1.165, 1.54) is 28.8 Å². The van der Waals surface area contributed by atoms with Crippen molar-refractivity contribution in [3.8, 4) is 0 Å². The monoisotopic (exact) mass is 340 g/mol. The van der Waals surface area contributed by atoms with Gasteiger partial charge in [0, 0.05) is 22.7 Å². The van der Waals surface area contributed by atoms with Crippen LogP contribution in [0.2, 0.25) is 0 Å². The van der Waals surface area contributed by atoms with Crippen molar-refractivity contribution in [2.24, 2.45) is 4.99 Å². The van der Waals surface area contributed by atoms with Gasteiger partial charge < -0.3 is 0 Å². The molecular weight excluding hydrogens is 325 g/mol. The van der Waals surface area contributed by atoms with Gasteiger partial charge in [-0.1, -0.05) is 6.07 Å². The van der Waals surface area contributed by atoms with E-state index < -0.39 is 5.51 Å². The fourth-order valence-electron chi connectivity index (χ4n) is 1.91. The highest BCUT2D eigenvalue weighted by molar-refractivity contribution is 8.00. The van der Waals surface area contributed by atoms with E-state index in [1.54, 1.807) is 24.4 Å². The van der Waals surface area contributed by atoms with Gasteiger partial charge in [0.05, 0.1) is 0 Å². The van der Waals surface area contributed by atoms with Crippen molar-refractivity contribution >= 4 is 17.7 Å². The van der Waals surface area contributed by atoms with Crippen LogP contribution >= 0.6 is 11.8 Å². The fraction of sp³-hybridized carbons (Fsp3) is 0.250. The van der Waals surface area contributed by atoms with Gasteiger partial charge in [-0.25, -0.2) is 0 Å². The molecule has 1 heterocycles. The molecule has 0 aliphatic rings. The second-order valence-corrected chi connectivity index (χ2v) is 6.17. The van der Waals surface area contributed by atoms with Crippen molar-refractivity contribution in [1.29, 1.82) is 0 Å². The van der Waals surface area contributed by atoms with E-state index in [1.807, 2.05) is 13.8 Å². The molecule has 0 aliphatic carbocycles. The maximum absolute atomic E-state index is 12.5. The molecule has 1 aromatic heterocycles. The van der Waals surface area contributed by atoms with Crippen LogP contribution in [0.1, 0.15) is 24.2 Å². The molecule has 3 nitrogen and oxygen atoms in total. The summed E-state index contributed by atoms with van der Waals surface area (Å²) in [5, 5.41) is 0. The highest BCUT2D eigenvalue weighted by atomic mass is 32.2. The first-order valence-electron chi connectivity index (χ1n) is 6.88. The third-order valence-corrected chi connectivity index (χ3v) is 3.52. The van der Waals surface area contributed by atoms with Crippen LogP contribution < -0.4 is 5.49 Å². The summed E-state index contributed by atoms with van der Waals surface area (Å²) in [6.45, 7) is 3.79. The van der Waals surface area contributed by atoms with E-state index in [0.717, 1.165) is 0 Å². The number of aromatic nitrogens is 1. The van der Waals surface area contributed by atoms with Crippen molar-refractivity contribution in [2.75, 3.05) is 0 Å². The number of alkyl halides is 3. The van der Waals surface area contributed by atoms with E-state index in [0.29, 0.717) is 11.1 Å². The molecule has 0 N–H and O–H groups in total. The van der Waals surface area contributed by atoms with Crippen molar-refractivity contribution in [2.45, 2.75) is 30.3 Å². The number of hydrogen-bond acceptors (Lipinski definition) is 3. The first-order chi connectivity index (χ1) is 10.8. The summed E-state index contributed by atoms with van der Waals surface area (Å²) in [4.78, 5) is 16.9. The number of carbonyl (C=O) groups excluding carboxylic acids is 1. The first kappa shape index (κ1) is 17.3. The first-order valence-corrected chi connectivity index (χ1v) is 7.70. The van der Waals surface area contributed by atoms with E-state index in [-0.39, 0.29) is 28.6 Å². The van der Waals surface area contributed by atoms with Crippen LogP contribution in [0.5, 0.6) is 0 Å². The minimum Gasteiger partial charge on any atom is -0.268 e. The maximum Gasteiger partial charge on any atom is 0.446 e. The Morgan fingerprint density at radius 2 is 1.78 bits per heavy atom. The summed E-state index contributed by atoms with van der Waals surface area (Å²) in [5.41, 5.74) is -3.54. The largest absolute Gasteiger partial charge is 0.446 e. The molecule has 0 saturated carbocycles. The molecule has 0 atom stereocenters. The Kier molecular flexibility index (Phi) is 5.30. The fourth-order valence-corrected chi connectivity index (χ4v) is 2.45. The number of benzene rings is 1. The lowest BCUT2D eigenvalue weighted by atomic mass is 10.2. The number of nitrogens with zero attached hydrogens (tertiary/aromatic N) is 2. The summed E-state index contributed by atoms with van der Waals surface area (Å²) < 4.78 is 38.3. The van der Waals surface area contributed by atoms with E-state index in [4.69, 9.17) is 0 Å². The highest BCUT2D eigenvalue weighted by Gasteiger charge is 2.29. The zero-order valence-electron chi connectivity index (χ0n) is 12.5. The third-order valence-electron chi connectivity index (χ3n) is 2.78. The molecule has 0 unspecified atom stereocenters. The topological polar surface area (TPSA) is 34.4 Å². The Labute approximate surface area is 135 Å². The van der Waals surface area contributed by atoms with Gasteiger partial charge in [-0.2, -0.15) is 13.2 Å². The van der Waals surface area contributed by atoms with Crippen molar-refractivity contribution in [3.05, 3.63) is 59.7 Å². The normalized spacial score (nSPS) is 12.7. The molecule has 23 heavy (non-hydrogen) atoms. The van der Waals surface area contributed by atoms with E-state index in [9.17, 15) is 18.0 Å². The van der Waals surface area contributed by atoms with Gasteiger partial charge in [0.25, 0.3) is 5.91 Å². The smallest absolute Gasteiger partial charge is 0.268 e. The number of carbonyl (C=O) groups is 1. The second-order valence-electron chi connectivity index (χ2n) is 5.03. The Balaban J connectivity index is 2.32. The van der Waals surface area contributed by atoms with Crippen LogP contribution in [-0.2, 0) is 0 Å². The van der Waals surface area contributed by atoms with E-state index in [2.05, 4.69) is 4.99 Å². The molecular formula is C16H15F3N2OS. The van der Waals surface area contributed by atoms with Gasteiger partial charge >= 0.3 is 5.51 Å². The number of pyridine rings is 1. The highest BCUT2D eigenvalue weighted by Crippen LogP contribution is 2.36. The third kappa shape index (κ3) is 4.99. The number of hydrogen-bond donors (Lipinski definition) is 0. The van der Waals surface area contributed by atoms with Gasteiger partial charge in [0.2, 0.25) is 0 Å². The van der Waals surface area contributed by atoms with Crippen LogP contribution in [0.25, 0.3) is 0 Å². The lowest BCUT2D eigenvalue weighted by molar-refractivity contribution is -0.0328. The summed E-state index contributed by atoms with van der Waals surface area (Å²) >= 11 is -0.208. The average Bonchev–Trinajstić information content (AvgIpc) is 2.45. The summed E-state index contributed by atoms with van der Waals surface area (Å²) in [6.07, 6.45) is 1.59. The average molecular weight is 340 g/mol. The predicted molar refractivity (Wildman–Crippen MR) is 83.2 cm³/mol. The SMILES string of the molecule is CC(C)N=c1ccccn1C(=O)c1ccc(SC(F)(F)F)cc1. The molecule has 0 saturated heterocycles. The summed E-state index contributed by atoms with van der Waals surface area (Å²) in [5.74, 6) is -0.339. The van der Waals surface area contributed by atoms with Crippen molar-refractivity contribution in [3.63, 3.8) is 0 Å². The van der Waals surface area contributed by atoms with Gasteiger partial charge in [-0.05, 0) is 62.0 Å². The van der Waals surface area contributed by atoms with Crippen molar-refractivity contribution in [1.82, 2.24) is 4.57 Å². The lowest BCUT2D eigenvalue weighted by Gasteiger charge is -2.09. The van der Waals surface area contributed by atoms with Crippen LogP contribution in [0.4, 0.5) is 13.2 Å². The van der Waals surface area contributed by atoms with Crippen LogP contribution in [0.3, 0.4) is 0 Å².